The van der Waals surface area contributed by atoms with Crippen molar-refractivity contribution in [2.75, 3.05) is 14.2 Å². The summed E-state index contributed by atoms with van der Waals surface area (Å²) in [5.74, 6) is -7.67. The van der Waals surface area contributed by atoms with Gasteiger partial charge in [0.15, 0.2) is 11.7 Å². The molecule has 0 heterocycles. The zero-order valence-electron chi connectivity index (χ0n) is 10.4. The summed E-state index contributed by atoms with van der Waals surface area (Å²) < 4.78 is 35.9. The Morgan fingerprint density at radius 2 is 1.65 bits per heavy atom. The number of ether oxygens (including phenoxy) is 2. The quantitative estimate of drug-likeness (QED) is 0.359. The van der Waals surface area contributed by atoms with Crippen LogP contribution in [0.2, 0.25) is 0 Å². The molecule has 0 N–H and O–H groups in total. The fourth-order valence-corrected chi connectivity index (χ4v) is 1.50. The van der Waals surface area contributed by atoms with Crippen LogP contribution in [0.1, 0.15) is 11.5 Å². The van der Waals surface area contributed by atoms with Gasteiger partial charge in [0.1, 0.15) is 0 Å². The van der Waals surface area contributed by atoms with Crippen LogP contribution in [0.4, 0.5) is 14.5 Å². The van der Waals surface area contributed by atoms with Gasteiger partial charge in [0.25, 0.3) is 0 Å². The third kappa shape index (κ3) is 2.71. The minimum atomic E-state index is -1.86. The summed E-state index contributed by atoms with van der Waals surface area (Å²) >= 11 is 0. The maximum Gasteiger partial charge on any atom is 0.324 e. The fourth-order valence-electron chi connectivity index (χ4n) is 1.50. The lowest BCUT2D eigenvalue weighted by Gasteiger charge is -2.13. The van der Waals surface area contributed by atoms with Crippen LogP contribution in [-0.4, -0.2) is 31.1 Å². The smallest absolute Gasteiger partial charge is 0.324 e. The Morgan fingerprint density at radius 3 is 2.05 bits per heavy atom. The van der Waals surface area contributed by atoms with Gasteiger partial charge in [-0.3, -0.25) is 19.7 Å². The Hall–Kier alpha value is -2.58. The monoisotopic (exact) mass is 289 g/mol. The van der Waals surface area contributed by atoms with Crippen LogP contribution in [0, 0.1) is 21.7 Å². The van der Waals surface area contributed by atoms with Crippen molar-refractivity contribution in [3.8, 4) is 0 Å². The molecule has 1 rings (SSSR count). The minimum Gasteiger partial charge on any atom is -0.468 e. The summed E-state index contributed by atoms with van der Waals surface area (Å²) in [7, 11) is 1.88. The number of hydrogen-bond acceptors (Lipinski definition) is 6. The molecule has 0 bridgehead atoms. The summed E-state index contributed by atoms with van der Waals surface area (Å²) in [5, 5.41) is 10.5. The van der Waals surface area contributed by atoms with E-state index >= 15 is 0 Å². The molecule has 1 aromatic rings. The first-order valence-electron chi connectivity index (χ1n) is 5.13. The van der Waals surface area contributed by atoms with Gasteiger partial charge in [-0.15, -0.1) is 0 Å². The van der Waals surface area contributed by atoms with Crippen LogP contribution in [-0.2, 0) is 19.1 Å². The van der Waals surface area contributed by atoms with Gasteiger partial charge in [-0.25, -0.2) is 4.39 Å². The fraction of sp³-hybridized carbons (Fsp3) is 0.273. The zero-order valence-corrected chi connectivity index (χ0v) is 10.4. The van der Waals surface area contributed by atoms with E-state index < -0.39 is 45.7 Å². The van der Waals surface area contributed by atoms with Crippen LogP contribution in [0.25, 0.3) is 0 Å². The van der Waals surface area contributed by atoms with Crippen molar-refractivity contribution in [2.24, 2.45) is 0 Å². The SMILES string of the molecule is COC(=O)C(C(=O)OC)c1ccc([N+](=O)[O-])c(F)c1F. The maximum absolute atomic E-state index is 13.8. The van der Waals surface area contributed by atoms with Gasteiger partial charge in [-0.1, -0.05) is 0 Å². The van der Waals surface area contributed by atoms with Crippen molar-refractivity contribution < 1.29 is 32.8 Å². The minimum absolute atomic E-state index is 0.645. The van der Waals surface area contributed by atoms with Crippen molar-refractivity contribution >= 4 is 17.6 Å². The van der Waals surface area contributed by atoms with Crippen molar-refractivity contribution in [3.63, 3.8) is 0 Å². The molecule has 0 saturated carbocycles. The number of rotatable bonds is 4. The highest BCUT2D eigenvalue weighted by Gasteiger charge is 2.36. The Kier molecular flexibility index (Phi) is 4.68. The standard InChI is InChI=1S/C11H9F2NO6/c1-19-10(15)7(11(16)20-2)5-3-4-6(14(17)18)9(13)8(5)12/h3-4,7H,1-2H3. The lowest BCUT2D eigenvalue weighted by molar-refractivity contribution is -0.387. The van der Waals surface area contributed by atoms with E-state index in [1.807, 2.05) is 0 Å². The second kappa shape index (κ2) is 6.04. The van der Waals surface area contributed by atoms with Gasteiger partial charge in [0.05, 0.1) is 19.1 Å². The van der Waals surface area contributed by atoms with Crippen LogP contribution < -0.4 is 0 Å². The molecule has 0 amide bonds. The molecule has 0 fully saturated rings. The van der Waals surface area contributed by atoms with Gasteiger partial charge in [0, 0.05) is 11.6 Å². The first-order chi connectivity index (χ1) is 9.34. The molecular formula is C11H9F2NO6. The zero-order chi connectivity index (χ0) is 15.4. The highest BCUT2D eigenvalue weighted by Crippen LogP contribution is 2.28. The summed E-state index contributed by atoms with van der Waals surface area (Å²) in [6.07, 6.45) is 0. The first-order valence-corrected chi connectivity index (χ1v) is 5.13. The van der Waals surface area contributed by atoms with Gasteiger partial charge in [-0.05, 0) is 6.07 Å². The van der Waals surface area contributed by atoms with E-state index in [0.29, 0.717) is 6.07 Å². The number of nitro benzene ring substituents is 1. The van der Waals surface area contributed by atoms with E-state index in [0.717, 1.165) is 20.3 Å². The molecule has 0 aliphatic heterocycles. The predicted molar refractivity (Wildman–Crippen MR) is 59.8 cm³/mol. The Bertz CT molecular complexity index is 558. The Balaban J connectivity index is 3.43. The van der Waals surface area contributed by atoms with E-state index in [4.69, 9.17) is 0 Å². The lowest BCUT2D eigenvalue weighted by atomic mass is 9.98. The largest absolute Gasteiger partial charge is 0.468 e. The average molecular weight is 289 g/mol. The van der Waals surface area contributed by atoms with Crippen LogP contribution >= 0.6 is 0 Å². The highest BCUT2D eigenvalue weighted by molar-refractivity contribution is 6.00. The normalized spacial score (nSPS) is 10.2. The third-order valence-electron chi connectivity index (χ3n) is 2.47. The Morgan fingerprint density at radius 1 is 1.15 bits per heavy atom. The van der Waals surface area contributed by atoms with Gasteiger partial charge < -0.3 is 9.47 Å². The molecule has 0 unspecified atom stereocenters. The number of benzene rings is 1. The molecule has 0 radical (unpaired) electrons. The van der Waals surface area contributed by atoms with Crippen LogP contribution in [0.3, 0.4) is 0 Å². The molecule has 0 aliphatic rings. The summed E-state index contributed by atoms with van der Waals surface area (Å²) in [6.45, 7) is 0. The Labute approximate surface area is 111 Å². The lowest BCUT2D eigenvalue weighted by Crippen LogP contribution is -2.25. The van der Waals surface area contributed by atoms with Gasteiger partial charge >= 0.3 is 17.6 Å². The molecule has 1 aromatic carbocycles. The number of hydrogen-bond donors (Lipinski definition) is 0. The van der Waals surface area contributed by atoms with E-state index in [9.17, 15) is 28.5 Å². The number of carbonyl (C=O) groups is 2. The number of halogens is 2. The molecule has 0 aliphatic carbocycles. The first kappa shape index (κ1) is 15.5. The number of carbonyl (C=O) groups excluding carboxylic acids is 2. The molecule has 0 saturated heterocycles. The topological polar surface area (TPSA) is 95.7 Å². The number of nitro groups is 1. The molecule has 108 valence electrons. The summed E-state index contributed by atoms with van der Waals surface area (Å²) in [5.41, 5.74) is -1.81. The van der Waals surface area contributed by atoms with Crippen molar-refractivity contribution in [1.29, 1.82) is 0 Å². The van der Waals surface area contributed by atoms with Gasteiger partial charge in [0.2, 0.25) is 5.82 Å². The molecular weight excluding hydrogens is 280 g/mol. The molecule has 0 spiro atoms. The summed E-state index contributed by atoms with van der Waals surface area (Å²) in [6, 6.07) is 1.40. The number of esters is 2. The molecule has 7 nitrogen and oxygen atoms in total. The van der Waals surface area contributed by atoms with Crippen molar-refractivity contribution in [2.45, 2.75) is 5.92 Å². The number of methoxy groups -OCH3 is 2. The molecule has 0 atom stereocenters. The van der Waals surface area contributed by atoms with E-state index in [1.165, 1.54) is 0 Å². The average Bonchev–Trinajstić information content (AvgIpc) is 2.42. The second-order valence-corrected chi connectivity index (χ2v) is 3.54. The molecule has 0 aromatic heterocycles. The second-order valence-electron chi connectivity index (χ2n) is 3.54. The molecule has 20 heavy (non-hydrogen) atoms. The third-order valence-corrected chi connectivity index (χ3v) is 2.47. The van der Waals surface area contributed by atoms with E-state index in [2.05, 4.69) is 9.47 Å². The number of nitrogens with zero attached hydrogens (tertiary/aromatic N) is 1. The maximum atomic E-state index is 13.8. The van der Waals surface area contributed by atoms with Crippen molar-refractivity contribution in [3.05, 3.63) is 39.4 Å². The van der Waals surface area contributed by atoms with Gasteiger partial charge in [-0.2, -0.15) is 4.39 Å². The van der Waals surface area contributed by atoms with E-state index in [1.54, 1.807) is 0 Å². The van der Waals surface area contributed by atoms with Crippen LogP contribution in [0.15, 0.2) is 12.1 Å². The predicted octanol–water partition coefficient (Wildman–Crippen LogP) is 1.30. The van der Waals surface area contributed by atoms with E-state index in [-0.39, 0.29) is 0 Å². The van der Waals surface area contributed by atoms with Crippen LogP contribution in [0.5, 0.6) is 0 Å². The molecule has 9 heteroatoms. The highest BCUT2D eigenvalue weighted by atomic mass is 19.2. The summed E-state index contributed by atoms with van der Waals surface area (Å²) in [4.78, 5) is 32.2. The van der Waals surface area contributed by atoms with Crippen molar-refractivity contribution in [1.82, 2.24) is 0 Å².